The summed E-state index contributed by atoms with van der Waals surface area (Å²) in [5, 5.41) is 17.5. The highest BCUT2D eigenvalue weighted by atomic mass is 16.5. The van der Waals surface area contributed by atoms with Gasteiger partial charge in [0.25, 0.3) is 5.91 Å². The number of carbonyl (C=O) groups excluding carboxylic acids is 1. The fourth-order valence-electron chi connectivity index (χ4n) is 1.74. The van der Waals surface area contributed by atoms with Gasteiger partial charge in [-0.2, -0.15) is 0 Å². The van der Waals surface area contributed by atoms with Crippen LogP contribution in [0.3, 0.4) is 0 Å². The fraction of sp³-hybridized carbons (Fsp3) is 0.357. The lowest BCUT2D eigenvalue weighted by atomic mass is 10.2. The largest absolute Gasteiger partial charge is 0.481 e. The van der Waals surface area contributed by atoms with E-state index in [0.717, 1.165) is 10.5 Å². The Hall–Kier alpha value is -2.57. The summed E-state index contributed by atoms with van der Waals surface area (Å²) >= 11 is 0. The second-order valence-corrected chi connectivity index (χ2v) is 4.56. The van der Waals surface area contributed by atoms with Crippen LogP contribution >= 0.6 is 0 Å². The minimum Gasteiger partial charge on any atom is -0.481 e. The van der Waals surface area contributed by atoms with Gasteiger partial charge in [0.2, 0.25) is 0 Å². The average Bonchev–Trinajstić information content (AvgIpc) is 2.35. The Bertz CT molecular complexity index is 526. The number of amides is 1. The molecule has 0 radical (unpaired) electrons. The molecule has 1 amide bonds. The predicted molar refractivity (Wildman–Crippen MR) is 73.1 cm³/mol. The Balaban J connectivity index is 2.77. The van der Waals surface area contributed by atoms with Gasteiger partial charge in [0.1, 0.15) is 18.8 Å². The summed E-state index contributed by atoms with van der Waals surface area (Å²) in [6, 6.07) is 7.01. The van der Waals surface area contributed by atoms with Crippen molar-refractivity contribution in [2.75, 3.05) is 13.1 Å². The van der Waals surface area contributed by atoms with Gasteiger partial charge >= 0.3 is 11.9 Å². The Morgan fingerprint density at radius 2 is 1.76 bits per heavy atom. The maximum Gasteiger partial charge on any atom is 0.323 e. The zero-order valence-corrected chi connectivity index (χ0v) is 11.8. The smallest absolute Gasteiger partial charge is 0.323 e. The third-order valence-electron chi connectivity index (χ3n) is 2.61. The van der Waals surface area contributed by atoms with Gasteiger partial charge in [-0.15, -0.1) is 0 Å². The van der Waals surface area contributed by atoms with Crippen molar-refractivity contribution in [3.05, 3.63) is 29.8 Å². The Kier molecular flexibility index (Phi) is 5.71. The molecule has 2 N–H and O–H groups in total. The second kappa shape index (κ2) is 7.28. The van der Waals surface area contributed by atoms with Gasteiger partial charge in [-0.1, -0.05) is 12.1 Å². The topological polar surface area (TPSA) is 104 Å². The van der Waals surface area contributed by atoms with Crippen LogP contribution in [-0.2, 0) is 14.4 Å². The van der Waals surface area contributed by atoms with E-state index in [-0.39, 0.29) is 0 Å². The van der Waals surface area contributed by atoms with Crippen molar-refractivity contribution in [2.45, 2.75) is 20.0 Å². The molecule has 7 nitrogen and oxygen atoms in total. The molecular weight excluding hydrogens is 278 g/mol. The summed E-state index contributed by atoms with van der Waals surface area (Å²) in [5.74, 6) is -2.80. The monoisotopic (exact) mass is 295 g/mol. The number of hydrogen-bond acceptors (Lipinski definition) is 4. The summed E-state index contributed by atoms with van der Waals surface area (Å²) in [6.45, 7) is 1.93. The first-order valence-electron chi connectivity index (χ1n) is 6.25. The molecule has 0 spiro atoms. The van der Waals surface area contributed by atoms with Gasteiger partial charge < -0.3 is 19.8 Å². The molecule has 0 heterocycles. The summed E-state index contributed by atoms with van der Waals surface area (Å²) in [6.07, 6.45) is -0.981. The van der Waals surface area contributed by atoms with Crippen LogP contribution in [0.2, 0.25) is 0 Å². The number of aryl methyl sites for hydroxylation is 1. The molecule has 0 fully saturated rings. The van der Waals surface area contributed by atoms with Crippen LogP contribution in [0.25, 0.3) is 0 Å². The third-order valence-corrected chi connectivity index (χ3v) is 2.61. The van der Waals surface area contributed by atoms with E-state index in [1.165, 1.54) is 6.92 Å². The quantitative estimate of drug-likeness (QED) is 0.769. The first kappa shape index (κ1) is 16.5. The molecule has 0 aliphatic heterocycles. The summed E-state index contributed by atoms with van der Waals surface area (Å²) in [7, 11) is 0. The highest BCUT2D eigenvalue weighted by Gasteiger charge is 2.25. The molecule has 0 aliphatic carbocycles. The maximum absolute atomic E-state index is 12.1. The van der Waals surface area contributed by atoms with Crippen molar-refractivity contribution in [3.8, 4) is 5.75 Å². The number of aliphatic carboxylic acids is 2. The van der Waals surface area contributed by atoms with Crippen LogP contribution in [0.1, 0.15) is 12.5 Å². The van der Waals surface area contributed by atoms with Crippen molar-refractivity contribution in [3.63, 3.8) is 0 Å². The van der Waals surface area contributed by atoms with Gasteiger partial charge in [0.15, 0.2) is 6.10 Å². The highest BCUT2D eigenvalue weighted by molar-refractivity contribution is 5.87. The van der Waals surface area contributed by atoms with Crippen molar-refractivity contribution in [1.82, 2.24) is 4.90 Å². The number of rotatable bonds is 7. The molecule has 0 saturated heterocycles. The zero-order valence-electron chi connectivity index (χ0n) is 11.8. The molecule has 1 atom stereocenters. The minimum atomic E-state index is -1.28. The van der Waals surface area contributed by atoms with E-state index >= 15 is 0 Å². The van der Waals surface area contributed by atoms with Crippen LogP contribution in [-0.4, -0.2) is 52.2 Å². The first-order chi connectivity index (χ1) is 9.79. The molecule has 1 unspecified atom stereocenters. The second-order valence-electron chi connectivity index (χ2n) is 4.56. The highest BCUT2D eigenvalue weighted by Crippen LogP contribution is 2.15. The van der Waals surface area contributed by atoms with Gasteiger partial charge in [0.05, 0.1) is 0 Å². The lowest BCUT2D eigenvalue weighted by molar-refractivity contribution is -0.152. The molecule has 0 saturated carbocycles. The van der Waals surface area contributed by atoms with Crippen LogP contribution in [0.15, 0.2) is 24.3 Å². The number of ether oxygens (including phenoxy) is 1. The number of hydrogen-bond donors (Lipinski definition) is 2. The molecule has 7 heteroatoms. The molecule has 0 bridgehead atoms. The van der Waals surface area contributed by atoms with E-state index in [2.05, 4.69) is 0 Å². The fourth-order valence-corrected chi connectivity index (χ4v) is 1.74. The van der Waals surface area contributed by atoms with E-state index in [4.69, 9.17) is 14.9 Å². The lowest BCUT2D eigenvalue weighted by Crippen LogP contribution is -2.45. The summed E-state index contributed by atoms with van der Waals surface area (Å²) in [5.41, 5.74) is 0.945. The molecule has 0 aromatic heterocycles. The molecular formula is C14H17NO6. The van der Waals surface area contributed by atoms with Crippen LogP contribution in [0.5, 0.6) is 5.75 Å². The summed E-state index contributed by atoms with van der Waals surface area (Å²) < 4.78 is 5.42. The van der Waals surface area contributed by atoms with E-state index in [1.54, 1.807) is 18.2 Å². The summed E-state index contributed by atoms with van der Waals surface area (Å²) in [4.78, 5) is 34.2. The van der Waals surface area contributed by atoms with Gasteiger partial charge in [-0.25, -0.2) is 0 Å². The number of carbonyl (C=O) groups is 3. The Morgan fingerprint density at radius 3 is 2.24 bits per heavy atom. The maximum atomic E-state index is 12.1. The van der Waals surface area contributed by atoms with Crippen LogP contribution < -0.4 is 4.74 Å². The molecule has 1 aromatic rings. The Labute approximate surface area is 121 Å². The number of carboxylic acid groups (broad SMARTS) is 2. The third kappa shape index (κ3) is 5.52. The molecule has 0 aliphatic rings. The molecule has 1 rings (SSSR count). The molecule has 114 valence electrons. The number of nitrogens with zero attached hydrogens (tertiary/aromatic N) is 1. The van der Waals surface area contributed by atoms with E-state index in [9.17, 15) is 14.4 Å². The predicted octanol–water partition coefficient (Wildman–Crippen LogP) is 0.760. The zero-order chi connectivity index (χ0) is 16.0. The number of benzene rings is 1. The van der Waals surface area contributed by atoms with Crippen LogP contribution in [0.4, 0.5) is 0 Å². The van der Waals surface area contributed by atoms with Crippen LogP contribution in [0, 0.1) is 6.92 Å². The van der Waals surface area contributed by atoms with E-state index in [0.29, 0.717) is 5.75 Å². The first-order valence-corrected chi connectivity index (χ1v) is 6.25. The normalized spacial score (nSPS) is 11.5. The van der Waals surface area contributed by atoms with Crippen molar-refractivity contribution >= 4 is 17.8 Å². The van der Waals surface area contributed by atoms with Crippen molar-refractivity contribution in [1.29, 1.82) is 0 Å². The Morgan fingerprint density at radius 1 is 1.19 bits per heavy atom. The van der Waals surface area contributed by atoms with Gasteiger partial charge in [0, 0.05) is 0 Å². The van der Waals surface area contributed by atoms with Crippen molar-refractivity contribution < 1.29 is 29.3 Å². The number of carboxylic acids is 2. The van der Waals surface area contributed by atoms with E-state index < -0.39 is 37.0 Å². The minimum absolute atomic E-state index is 0.460. The van der Waals surface area contributed by atoms with E-state index in [1.807, 2.05) is 13.0 Å². The van der Waals surface area contributed by atoms with Gasteiger partial charge in [-0.3, -0.25) is 14.4 Å². The standard InChI is InChI=1S/C14H17NO6/c1-9-4-3-5-11(6-9)21-10(2)14(20)15(7-12(16)17)8-13(18)19/h3-6,10H,7-8H2,1-2H3,(H,16,17)(H,18,19). The lowest BCUT2D eigenvalue weighted by Gasteiger charge is -2.23. The SMILES string of the molecule is Cc1cccc(OC(C)C(=O)N(CC(=O)O)CC(=O)O)c1. The van der Waals surface area contributed by atoms with Gasteiger partial charge in [-0.05, 0) is 31.5 Å². The molecule has 21 heavy (non-hydrogen) atoms. The van der Waals surface area contributed by atoms with Crippen molar-refractivity contribution in [2.24, 2.45) is 0 Å². The molecule has 1 aromatic carbocycles. The average molecular weight is 295 g/mol.